The fourth-order valence-corrected chi connectivity index (χ4v) is 3.94. The van der Waals surface area contributed by atoms with Crippen molar-refractivity contribution < 1.29 is 22.8 Å². The third kappa shape index (κ3) is 4.82. The number of hydrogen-bond donors (Lipinski definition) is 2. The average Bonchev–Trinajstić information content (AvgIpc) is 2.76. The SMILES string of the molecule is CCC(C[NH2+]C(C)C(O)c1ccccc1)(c1ccccc1)c1ccccc1.[Cl-]. The van der Waals surface area contributed by atoms with Crippen molar-refractivity contribution in [3.63, 3.8) is 0 Å². The zero-order valence-electron chi connectivity index (χ0n) is 16.6. The van der Waals surface area contributed by atoms with Gasteiger partial charge >= 0.3 is 0 Å². The molecule has 0 amide bonds. The summed E-state index contributed by atoms with van der Waals surface area (Å²) in [7, 11) is 0. The molecule has 0 saturated heterocycles. The van der Waals surface area contributed by atoms with Gasteiger partial charge in [-0.25, -0.2) is 0 Å². The van der Waals surface area contributed by atoms with E-state index in [0.29, 0.717) is 0 Å². The number of aliphatic hydroxyl groups is 1. The van der Waals surface area contributed by atoms with E-state index in [4.69, 9.17) is 0 Å². The van der Waals surface area contributed by atoms with E-state index in [1.54, 1.807) is 0 Å². The van der Waals surface area contributed by atoms with Crippen LogP contribution in [-0.4, -0.2) is 17.7 Å². The van der Waals surface area contributed by atoms with Crippen molar-refractivity contribution in [2.75, 3.05) is 6.54 Å². The summed E-state index contributed by atoms with van der Waals surface area (Å²) in [6, 6.07) is 31.5. The van der Waals surface area contributed by atoms with Gasteiger partial charge in [-0.3, -0.25) is 0 Å². The summed E-state index contributed by atoms with van der Waals surface area (Å²) in [5, 5.41) is 13.1. The van der Waals surface area contributed by atoms with E-state index < -0.39 is 6.10 Å². The van der Waals surface area contributed by atoms with Gasteiger partial charge in [0.1, 0.15) is 12.1 Å². The third-order valence-corrected chi connectivity index (χ3v) is 5.73. The van der Waals surface area contributed by atoms with Crippen LogP contribution in [0.5, 0.6) is 0 Å². The third-order valence-electron chi connectivity index (χ3n) is 5.73. The van der Waals surface area contributed by atoms with Gasteiger partial charge in [-0.15, -0.1) is 0 Å². The molecule has 0 fully saturated rings. The van der Waals surface area contributed by atoms with Crippen LogP contribution in [0.2, 0.25) is 0 Å². The minimum Gasteiger partial charge on any atom is -1.00 e. The standard InChI is InChI=1S/C25H29NO.ClH/c1-3-25(22-15-9-5-10-16-22,23-17-11-6-12-18-23)19-26-20(2)24(27)21-13-7-4-8-14-21;/h4-18,20,24,26-27H,3,19H2,1-2H3;1H. The Morgan fingerprint density at radius 3 is 1.64 bits per heavy atom. The van der Waals surface area contributed by atoms with E-state index in [9.17, 15) is 5.11 Å². The Bertz CT molecular complexity index is 768. The molecule has 0 aromatic heterocycles. The predicted molar refractivity (Wildman–Crippen MR) is 112 cm³/mol. The van der Waals surface area contributed by atoms with Gasteiger partial charge in [0.2, 0.25) is 0 Å². The highest BCUT2D eigenvalue weighted by molar-refractivity contribution is 5.39. The van der Waals surface area contributed by atoms with Gasteiger partial charge in [0.05, 0.1) is 12.0 Å². The van der Waals surface area contributed by atoms with Crippen LogP contribution >= 0.6 is 0 Å². The predicted octanol–water partition coefficient (Wildman–Crippen LogP) is 1.07. The number of rotatable bonds is 8. The van der Waals surface area contributed by atoms with Gasteiger partial charge in [-0.05, 0) is 30.0 Å². The zero-order chi connectivity index (χ0) is 19.1. The Kier molecular flexibility index (Phi) is 8.25. The molecular weight excluding hydrogens is 366 g/mol. The summed E-state index contributed by atoms with van der Waals surface area (Å²) < 4.78 is 0. The minimum atomic E-state index is -0.479. The lowest BCUT2D eigenvalue weighted by atomic mass is 9.72. The van der Waals surface area contributed by atoms with E-state index >= 15 is 0 Å². The van der Waals surface area contributed by atoms with Crippen molar-refractivity contribution >= 4 is 0 Å². The molecule has 0 spiro atoms. The van der Waals surface area contributed by atoms with Crippen LogP contribution in [0, 0.1) is 0 Å². The molecule has 2 unspecified atom stereocenters. The summed E-state index contributed by atoms with van der Waals surface area (Å²) in [4.78, 5) is 0. The Morgan fingerprint density at radius 2 is 1.21 bits per heavy atom. The fourth-order valence-electron chi connectivity index (χ4n) is 3.94. The second-order valence-corrected chi connectivity index (χ2v) is 7.32. The summed E-state index contributed by atoms with van der Waals surface area (Å²) >= 11 is 0. The molecule has 3 heteroatoms. The largest absolute Gasteiger partial charge is 1.00 e. The molecule has 3 aromatic rings. The van der Waals surface area contributed by atoms with E-state index in [-0.39, 0.29) is 23.9 Å². The molecule has 0 aliphatic heterocycles. The Morgan fingerprint density at radius 1 is 0.786 bits per heavy atom. The zero-order valence-corrected chi connectivity index (χ0v) is 17.4. The maximum atomic E-state index is 10.8. The van der Waals surface area contributed by atoms with Crippen LogP contribution in [0.1, 0.15) is 43.1 Å². The summed E-state index contributed by atoms with van der Waals surface area (Å²) in [5.74, 6) is 0. The molecule has 3 rings (SSSR count). The van der Waals surface area contributed by atoms with Crippen molar-refractivity contribution in [1.29, 1.82) is 0 Å². The summed E-state index contributed by atoms with van der Waals surface area (Å²) in [6.45, 7) is 5.25. The van der Waals surface area contributed by atoms with Gasteiger partial charge < -0.3 is 22.8 Å². The molecule has 2 nitrogen and oxygen atoms in total. The first-order chi connectivity index (χ1) is 13.2. The van der Waals surface area contributed by atoms with Gasteiger partial charge in [0.15, 0.2) is 0 Å². The van der Waals surface area contributed by atoms with Crippen LogP contribution in [-0.2, 0) is 5.41 Å². The number of hydrogen-bond acceptors (Lipinski definition) is 1. The lowest BCUT2D eigenvalue weighted by molar-refractivity contribution is -0.699. The van der Waals surface area contributed by atoms with Gasteiger partial charge in [0.25, 0.3) is 0 Å². The van der Waals surface area contributed by atoms with E-state index in [1.165, 1.54) is 11.1 Å². The highest BCUT2D eigenvalue weighted by Gasteiger charge is 2.35. The van der Waals surface area contributed by atoms with Crippen LogP contribution in [0.25, 0.3) is 0 Å². The molecule has 0 saturated carbocycles. The normalized spacial score (nSPS) is 13.4. The van der Waals surface area contributed by atoms with Crippen LogP contribution in [0.15, 0.2) is 91.0 Å². The van der Waals surface area contributed by atoms with Crippen LogP contribution in [0.3, 0.4) is 0 Å². The monoisotopic (exact) mass is 395 g/mol. The molecule has 148 valence electrons. The van der Waals surface area contributed by atoms with E-state index in [2.05, 4.69) is 79.8 Å². The first-order valence-electron chi connectivity index (χ1n) is 9.85. The second-order valence-electron chi connectivity index (χ2n) is 7.32. The molecule has 0 aliphatic carbocycles. The first-order valence-corrected chi connectivity index (χ1v) is 9.85. The molecule has 0 radical (unpaired) electrons. The molecule has 0 bridgehead atoms. The average molecular weight is 396 g/mol. The Hall–Kier alpha value is -2.13. The number of nitrogens with two attached hydrogens (primary N) is 1. The topological polar surface area (TPSA) is 36.8 Å². The smallest absolute Gasteiger partial charge is 0.130 e. The quantitative estimate of drug-likeness (QED) is 0.588. The molecule has 28 heavy (non-hydrogen) atoms. The highest BCUT2D eigenvalue weighted by Crippen LogP contribution is 2.34. The van der Waals surface area contributed by atoms with Crippen molar-refractivity contribution in [2.45, 2.75) is 37.8 Å². The number of aliphatic hydroxyl groups excluding tert-OH is 1. The summed E-state index contributed by atoms with van der Waals surface area (Å²) in [5.41, 5.74) is 3.56. The maximum absolute atomic E-state index is 10.8. The lowest BCUT2D eigenvalue weighted by Gasteiger charge is -2.34. The summed E-state index contributed by atoms with van der Waals surface area (Å²) in [6.07, 6.45) is 0.526. The molecule has 0 heterocycles. The lowest BCUT2D eigenvalue weighted by Crippen LogP contribution is -3.00. The molecule has 3 aromatic carbocycles. The fraction of sp³-hybridized carbons (Fsp3) is 0.280. The molecule has 2 atom stereocenters. The van der Waals surface area contributed by atoms with E-state index in [1.807, 2.05) is 30.3 Å². The number of quaternary nitrogens is 1. The second kappa shape index (κ2) is 10.4. The van der Waals surface area contributed by atoms with Crippen LogP contribution in [0.4, 0.5) is 0 Å². The van der Waals surface area contributed by atoms with Crippen molar-refractivity contribution in [3.8, 4) is 0 Å². The highest BCUT2D eigenvalue weighted by atomic mass is 35.5. The molecule has 3 N–H and O–H groups in total. The van der Waals surface area contributed by atoms with Crippen LogP contribution < -0.4 is 17.7 Å². The van der Waals surface area contributed by atoms with E-state index in [0.717, 1.165) is 18.5 Å². The van der Waals surface area contributed by atoms with Gasteiger partial charge in [-0.2, -0.15) is 0 Å². The van der Waals surface area contributed by atoms with Crippen molar-refractivity contribution in [3.05, 3.63) is 108 Å². The van der Waals surface area contributed by atoms with Gasteiger partial charge in [0, 0.05) is 0 Å². The number of halogens is 1. The maximum Gasteiger partial charge on any atom is 0.130 e. The minimum absolute atomic E-state index is 0. The Balaban J connectivity index is 0.00000280. The number of benzene rings is 3. The Labute approximate surface area is 175 Å². The van der Waals surface area contributed by atoms with Crippen molar-refractivity contribution in [2.24, 2.45) is 0 Å². The van der Waals surface area contributed by atoms with Crippen molar-refractivity contribution in [1.82, 2.24) is 0 Å². The first kappa shape index (κ1) is 22.2. The van der Waals surface area contributed by atoms with Gasteiger partial charge in [-0.1, -0.05) is 97.9 Å². The molecule has 0 aliphatic rings. The molecular formula is C25H30ClNO.